The minimum absolute atomic E-state index is 0.163. The van der Waals surface area contributed by atoms with Gasteiger partial charge < -0.3 is 11.1 Å². The van der Waals surface area contributed by atoms with E-state index >= 15 is 0 Å². The van der Waals surface area contributed by atoms with Gasteiger partial charge in [0.05, 0.1) is 0 Å². The molecule has 14 heavy (non-hydrogen) atoms. The van der Waals surface area contributed by atoms with Crippen molar-refractivity contribution >= 4 is 0 Å². The van der Waals surface area contributed by atoms with Crippen LogP contribution in [0.1, 0.15) is 31.9 Å². The van der Waals surface area contributed by atoms with Crippen LogP contribution in [-0.4, -0.2) is 17.6 Å². The first-order valence-corrected chi connectivity index (χ1v) is 4.89. The molecule has 1 aromatic rings. The topological polar surface area (TPSA) is 50.9 Å². The van der Waals surface area contributed by atoms with Crippen molar-refractivity contribution in [3.05, 3.63) is 30.1 Å². The van der Waals surface area contributed by atoms with Crippen molar-refractivity contribution in [2.24, 2.45) is 5.73 Å². The molecule has 1 rings (SSSR count). The SMILES string of the molecule is CNC(CC(C)(C)N)c1cccnc1. The predicted octanol–water partition coefficient (Wildman–Crippen LogP) is 1.47. The molecule has 0 aliphatic rings. The number of pyridine rings is 1. The second-order valence-electron chi connectivity index (χ2n) is 4.32. The number of nitrogens with two attached hydrogens (primary N) is 1. The van der Waals surface area contributed by atoms with E-state index in [1.54, 1.807) is 6.20 Å². The highest BCUT2D eigenvalue weighted by molar-refractivity contribution is 5.14. The first-order chi connectivity index (χ1) is 6.53. The molecule has 3 N–H and O–H groups in total. The number of rotatable bonds is 4. The Morgan fingerprint density at radius 1 is 1.57 bits per heavy atom. The summed E-state index contributed by atoms with van der Waals surface area (Å²) in [6, 6.07) is 4.30. The Hall–Kier alpha value is -0.930. The van der Waals surface area contributed by atoms with E-state index in [4.69, 9.17) is 5.73 Å². The zero-order valence-electron chi connectivity index (χ0n) is 9.12. The van der Waals surface area contributed by atoms with Gasteiger partial charge in [-0.3, -0.25) is 4.98 Å². The molecule has 3 heteroatoms. The molecule has 3 nitrogen and oxygen atoms in total. The zero-order chi connectivity index (χ0) is 10.6. The molecule has 0 aliphatic heterocycles. The lowest BCUT2D eigenvalue weighted by Crippen LogP contribution is -2.36. The van der Waals surface area contributed by atoms with Crippen LogP contribution in [0.25, 0.3) is 0 Å². The van der Waals surface area contributed by atoms with Crippen LogP contribution in [0.2, 0.25) is 0 Å². The normalized spacial score (nSPS) is 14.0. The van der Waals surface area contributed by atoms with Gasteiger partial charge in [0.15, 0.2) is 0 Å². The summed E-state index contributed by atoms with van der Waals surface area (Å²) in [5.74, 6) is 0. The molecule has 0 aliphatic carbocycles. The molecule has 1 atom stereocenters. The fourth-order valence-electron chi connectivity index (χ4n) is 1.49. The molecule has 0 saturated heterocycles. The Balaban J connectivity index is 2.73. The molecule has 0 amide bonds. The molecule has 1 heterocycles. The van der Waals surface area contributed by atoms with Crippen molar-refractivity contribution in [1.29, 1.82) is 0 Å². The van der Waals surface area contributed by atoms with E-state index in [1.165, 1.54) is 5.56 Å². The maximum Gasteiger partial charge on any atom is 0.0350 e. The van der Waals surface area contributed by atoms with Crippen LogP contribution >= 0.6 is 0 Å². The van der Waals surface area contributed by atoms with Gasteiger partial charge in [0, 0.05) is 24.0 Å². The molecular weight excluding hydrogens is 174 g/mol. The van der Waals surface area contributed by atoms with E-state index in [2.05, 4.69) is 16.4 Å². The van der Waals surface area contributed by atoms with Crippen molar-refractivity contribution in [2.45, 2.75) is 31.8 Å². The van der Waals surface area contributed by atoms with Gasteiger partial charge >= 0.3 is 0 Å². The second kappa shape index (κ2) is 4.53. The van der Waals surface area contributed by atoms with Gasteiger partial charge in [-0.1, -0.05) is 6.07 Å². The van der Waals surface area contributed by atoms with Crippen LogP contribution in [0, 0.1) is 0 Å². The summed E-state index contributed by atoms with van der Waals surface area (Å²) in [5, 5.41) is 3.25. The Kier molecular flexibility index (Phi) is 3.61. The Bertz CT molecular complexity index is 264. The molecular formula is C11H19N3. The number of nitrogens with one attached hydrogen (secondary N) is 1. The van der Waals surface area contributed by atoms with E-state index in [-0.39, 0.29) is 11.6 Å². The molecule has 0 saturated carbocycles. The average Bonchev–Trinajstić information content (AvgIpc) is 2.14. The minimum Gasteiger partial charge on any atom is -0.325 e. The van der Waals surface area contributed by atoms with Crippen LogP contribution in [-0.2, 0) is 0 Å². The van der Waals surface area contributed by atoms with E-state index in [0.717, 1.165) is 6.42 Å². The molecule has 1 unspecified atom stereocenters. The lowest BCUT2D eigenvalue weighted by atomic mass is 9.93. The van der Waals surface area contributed by atoms with Crippen molar-refractivity contribution in [2.75, 3.05) is 7.05 Å². The maximum absolute atomic E-state index is 5.99. The van der Waals surface area contributed by atoms with Gasteiger partial charge in [-0.15, -0.1) is 0 Å². The van der Waals surface area contributed by atoms with E-state index in [0.29, 0.717) is 0 Å². The first-order valence-electron chi connectivity index (χ1n) is 4.89. The van der Waals surface area contributed by atoms with Gasteiger partial charge in [0.1, 0.15) is 0 Å². The fourth-order valence-corrected chi connectivity index (χ4v) is 1.49. The van der Waals surface area contributed by atoms with E-state index in [1.807, 2.05) is 33.2 Å². The van der Waals surface area contributed by atoms with E-state index < -0.39 is 0 Å². The monoisotopic (exact) mass is 193 g/mol. The maximum atomic E-state index is 5.99. The number of nitrogens with zero attached hydrogens (tertiary/aromatic N) is 1. The van der Waals surface area contributed by atoms with Crippen LogP contribution in [0.5, 0.6) is 0 Å². The summed E-state index contributed by atoms with van der Waals surface area (Å²) in [7, 11) is 1.95. The summed E-state index contributed by atoms with van der Waals surface area (Å²) in [6.45, 7) is 4.07. The summed E-state index contributed by atoms with van der Waals surface area (Å²) < 4.78 is 0. The molecule has 0 bridgehead atoms. The summed E-state index contributed by atoms with van der Waals surface area (Å²) in [6.07, 6.45) is 4.56. The van der Waals surface area contributed by atoms with Crippen molar-refractivity contribution in [1.82, 2.24) is 10.3 Å². The summed E-state index contributed by atoms with van der Waals surface area (Å²) in [5.41, 5.74) is 7.01. The predicted molar refractivity (Wildman–Crippen MR) is 58.9 cm³/mol. The molecule has 1 aromatic heterocycles. The quantitative estimate of drug-likeness (QED) is 0.761. The fraction of sp³-hybridized carbons (Fsp3) is 0.545. The van der Waals surface area contributed by atoms with Crippen molar-refractivity contribution in [3.63, 3.8) is 0 Å². The third-order valence-corrected chi connectivity index (χ3v) is 2.17. The van der Waals surface area contributed by atoms with Crippen molar-refractivity contribution < 1.29 is 0 Å². The Labute approximate surface area is 85.7 Å². The Morgan fingerprint density at radius 2 is 2.29 bits per heavy atom. The molecule has 0 spiro atoms. The van der Waals surface area contributed by atoms with Crippen LogP contribution in [0.4, 0.5) is 0 Å². The van der Waals surface area contributed by atoms with Crippen LogP contribution < -0.4 is 11.1 Å². The van der Waals surface area contributed by atoms with Gasteiger partial charge in [-0.25, -0.2) is 0 Å². The summed E-state index contributed by atoms with van der Waals surface area (Å²) >= 11 is 0. The van der Waals surface area contributed by atoms with E-state index in [9.17, 15) is 0 Å². The largest absolute Gasteiger partial charge is 0.325 e. The van der Waals surface area contributed by atoms with Gasteiger partial charge in [-0.05, 0) is 38.9 Å². The zero-order valence-corrected chi connectivity index (χ0v) is 9.12. The number of hydrogen-bond acceptors (Lipinski definition) is 3. The van der Waals surface area contributed by atoms with Crippen LogP contribution in [0.15, 0.2) is 24.5 Å². The third-order valence-electron chi connectivity index (χ3n) is 2.17. The lowest BCUT2D eigenvalue weighted by molar-refractivity contribution is 0.395. The standard InChI is InChI=1S/C11H19N3/c1-11(2,12)7-10(13-3)9-5-4-6-14-8-9/h4-6,8,10,13H,7,12H2,1-3H3. The van der Waals surface area contributed by atoms with Gasteiger partial charge in [-0.2, -0.15) is 0 Å². The Morgan fingerprint density at radius 3 is 2.71 bits per heavy atom. The number of hydrogen-bond donors (Lipinski definition) is 2. The highest BCUT2D eigenvalue weighted by Gasteiger charge is 2.18. The highest BCUT2D eigenvalue weighted by atomic mass is 14.9. The minimum atomic E-state index is -0.163. The van der Waals surface area contributed by atoms with Gasteiger partial charge in [0.2, 0.25) is 0 Å². The highest BCUT2D eigenvalue weighted by Crippen LogP contribution is 2.20. The summed E-state index contributed by atoms with van der Waals surface area (Å²) in [4.78, 5) is 4.10. The van der Waals surface area contributed by atoms with Crippen LogP contribution in [0.3, 0.4) is 0 Å². The molecule has 0 radical (unpaired) electrons. The van der Waals surface area contributed by atoms with Gasteiger partial charge in [0.25, 0.3) is 0 Å². The second-order valence-corrected chi connectivity index (χ2v) is 4.32. The average molecular weight is 193 g/mol. The molecule has 78 valence electrons. The number of aromatic nitrogens is 1. The van der Waals surface area contributed by atoms with Crippen molar-refractivity contribution in [3.8, 4) is 0 Å². The molecule has 0 aromatic carbocycles. The first kappa shape index (κ1) is 11.1. The lowest BCUT2D eigenvalue weighted by Gasteiger charge is -2.25. The third kappa shape index (κ3) is 3.44. The molecule has 0 fully saturated rings. The smallest absolute Gasteiger partial charge is 0.0350 e.